The fourth-order valence-corrected chi connectivity index (χ4v) is 3.54. The summed E-state index contributed by atoms with van der Waals surface area (Å²) < 4.78 is 63.8. The van der Waals surface area contributed by atoms with E-state index in [0.29, 0.717) is 5.92 Å². The van der Waals surface area contributed by atoms with Gasteiger partial charge in [-0.05, 0) is 60.7 Å². The molecule has 0 aromatic heterocycles. The molecule has 158 valence electrons. The fraction of sp³-hybridized carbons (Fsp3) is 0.350. The van der Waals surface area contributed by atoms with Gasteiger partial charge < -0.3 is 5.32 Å². The second-order valence-electron chi connectivity index (χ2n) is 7.06. The van der Waals surface area contributed by atoms with Gasteiger partial charge in [0.05, 0.1) is 4.90 Å². The zero-order chi connectivity index (χ0) is 21.7. The van der Waals surface area contributed by atoms with Gasteiger partial charge >= 0.3 is 6.18 Å². The Morgan fingerprint density at radius 3 is 2.10 bits per heavy atom. The molecule has 2 rings (SSSR count). The number of anilines is 1. The van der Waals surface area contributed by atoms with Gasteiger partial charge in [0.1, 0.15) is 6.54 Å². The number of hydrogen-bond acceptors (Lipinski definition) is 3. The Balaban J connectivity index is 2.02. The van der Waals surface area contributed by atoms with Crippen LogP contribution in [0.4, 0.5) is 18.9 Å². The third-order valence-electron chi connectivity index (χ3n) is 4.09. The number of alkyl halides is 3. The molecule has 29 heavy (non-hydrogen) atoms. The van der Waals surface area contributed by atoms with Gasteiger partial charge in [-0.3, -0.25) is 9.52 Å². The highest BCUT2D eigenvalue weighted by atomic mass is 32.2. The maximum Gasteiger partial charge on any atom is 0.405 e. The SMILES string of the molecule is CC(C)CCc1ccc(S(=O)(=O)Nc2ccc(C(=O)NCC(F)(F)F)cc2)cc1. The Hall–Kier alpha value is -2.55. The van der Waals surface area contributed by atoms with Crippen molar-refractivity contribution in [2.75, 3.05) is 11.3 Å². The molecule has 0 spiro atoms. The number of benzene rings is 2. The molecule has 2 N–H and O–H groups in total. The van der Waals surface area contributed by atoms with Crippen molar-refractivity contribution in [2.45, 2.75) is 37.8 Å². The molecular weight excluding hydrogens is 405 g/mol. The van der Waals surface area contributed by atoms with E-state index in [0.717, 1.165) is 18.4 Å². The van der Waals surface area contributed by atoms with Gasteiger partial charge in [0.15, 0.2) is 0 Å². The summed E-state index contributed by atoms with van der Waals surface area (Å²) in [6.45, 7) is 2.80. The molecule has 5 nitrogen and oxygen atoms in total. The van der Waals surface area contributed by atoms with E-state index in [-0.39, 0.29) is 16.1 Å². The average Bonchev–Trinajstić information content (AvgIpc) is 2.64. The zero-order valence-electron chi connectivity index (χ0n) is 16.1. The number of amides is 1. The Morgan fingerprint density at radius 2 is 1.59 bits per heavy atom. The van der Waals surface area contributed by atoms with Gasteiger partial charge in [-0.2, -0.15) is 13.2 Å². The highest BCUT2D eigenvalue weighted by Crippen LogP contribution is 2.19. The van der Waals surface area contributed by atoms with E-state index in [2.05, 4.69) is 18.6 Å². The Labute approximate surface area is 168 Å². The number of carbonyl (C=O) groups excluding carboxylic acids is 1. The van der Waals surface area contributed by atoms with E-state index < -0.39 is 28.7 Å². The normalized spacial score (nSPS) is 12.1. The van der Waals surface area contributed by atoms with Crippen LogP contribution in [0.5, 0.6) is 0 Å². The first-order chi connectivity index (χ1) is 13.5. The van der Waals surface area contributed by atoms with E-state index in [1.165, 1.54) is 36.4 Å². The van der Waals surface area contributed by atoms with Crippen LogP contribution in [0.25, 0.3) is 0 Å². The summed E-state index contributed by atoms with van der Waals surface area (Å²) in [5.74, 6) is -0.340. The lowest BCUT2D eigenvalue weighted by molar-refractivity contribution is -0.123. The van der Waals surface area contributed by atoms with E-state index in [1.807, 2.05) is 0 Å². The van der Waals surface area contributed by atoms with Crippen molar-refractivity contribution < 1.29 is 26.4 Å². The molecular formula is C20H23F3N2O3S. The summed E-state index contributed by atoms with van der Waals surface area (Å²) >= 11 is 0. The van der Waals surface area contributed by atoms with Gasteiger partial charge in [-0.1, -0.05) is 26.0 Å². The number of halogens is 3. The lowest BCUT2D eigenvalue weighted by Gasteiger charge is -2.11. The van der Waals surface area contributed by atoms with Gasteiger partial charge in [0.2, 0.25) is 0 Å². The number of nitrogens with one attached hydrogen (secondary N) is 2. The van der Waals surface area contributed by atoms with Crippen LogP contribution in [0.1, 0.15) is 36.2 Å². The molecule has 0 heterocycles. The van der Waals surface area contributed by atoms with Crippen LogP contribution in [0.3, 0.4) is 0 Å². The summed E-state index contributed by atoms with van der Waals surface area (Å²) in [6.07, 6.45) is -2.63. The molecule has 1 amide bonds. The third kappa shape index (κ3) is 7.41. The maximum absolute atomic E-state index is 12.5. The zero-order valence-corrected chi connectivity index (χ0v) is 16.9. The van der Waals surface area contributed by atoms with Crippen LogP contribution in [0, 0.1) is 5.92 Å². The predicted octanol–water partition coefficient (Wildman–Crippen LogP) is 4.37. The van der Waals surface area contributed by atoms with Crippen LogP contribution in [-0.4, -0.2) is 27.0 Å². The summed E-state index contributed by atoms with van der Waals surface area (Å²) in [5.41, 5.74) is 1.24. The topological polar surface area (TPSA) is 75.3 Å². The monoisotopic (exact) mass is 428 g/mol. The van der Waals surface area contributed by atoms with Crippen LogP contribution in [-0.2, 0) is 16.4 Å². The summed E-state index contributed by atoms with van der Waals surface area (Å²) in [7, 11) is -3.82. The van der Waals surface area contributed by atoms with Crippen molar-refractivity contribution in [3.63, 3.8) is 0 Å². The van der Waals surface area contributed by atoms with Crippen LogP contribution >= 0.6 is 0 Å². The molecule has 0 aliphatic carbocycles. The van der Waals surface area contributed by atoms with E-state index >= 15 is 0 Å². The molecule has 0 aliphatic heterocycles. The smallest absolute Gasteiger partial charge is 0.343 e. The van der Waals surface area contributed by atoms with Gasteiger partial charge in [-0.15, -0.1) is 0 Å². The number of aryl methyl sites for hydroxylation is 1. The molecule has 2 aromatic rings. The van der Waals surface area contributed by atoms with E-state index in [9.17, 15) is 26.4 Å². The fourth-order valence-electron chi connectivity index (χ4n) is 2.48. The maximum atomic E-state index is 12.5. The average molecular weight is 428 g/mol. The molecule has 0 atom stereocenters. The van der Waals surface area contributed by atoms with Crippen molar-refractivity contribution in [2.24, 2.45) is 5.92 Å². The molecule has 0 aliphatic rings. The van der Waals surface area contributed by atoms with Crippen molar-refractivity contribution >= 4 is 21.6 Å². The Kier molecular flexibility index (Phi) is 7.29. The van der Waals surface area contributed by atoms with Crippen molar-refractivity contribution in [3.8, 4) is 0 Å². The number of hydrogen-bond donors (Lipinski definition) is 2. The molecule has 0 unspecified atom stereocenters. The largest absolute Gasteiger partial charge is 0.405 e. The van der Waals surface area contributed by atoms with Crippen LogP contribution < -0.4 is 10.0 Å². The third-order valence-corrected chi connectivity index (χ3v) is 5.49. The number of carbonyl (C=O) groups is 1. The van der Waals surface area contributed by atoms with Gasteiger partial charge in [-0.25, -0.2) is 8.42 Å². The number of rotatable bonds is 8. The first-order valence-corrected chi connectivity index (χ1v) is 10.5. The van der Waals surface area contributed by atoms with Crippen molar-refractivity contribution in [1.29, 1.82) is 0 Å². The van der Waals surface area contributed by atoms with Crippen molar-refractivity contribution in [1.82, 2.24) is 5.32 Å². The van der Waals surface area contributed by atoms with Crippen molar-refractivity contribution in [3.05, 3.63) is 59.7 Å². The molecule has 0 fully saturated rings. The first kappa shape index (κ1) is 22.7. The quantitative estimate of drug-likeness (QED) is 0.656. The highest BCUT2D eigenvalue weighted by Gasteiger charge is 2.27. The standard InChI is InChI=1S/C20H23F3N2O3S/c1-14(2)3-4-15-5-11-18(12-6-15)29(27,28)25-17-9-7-16(8-10-17)19(26)24-13-20(21,22)23/h5-12,14,25H,3-4,13H2,1-2H3,(H,24,26). The summed E-state index contributed by atoms with van der Waals surface area (Å²) in [6, 6.07) is 11.7. The van der Waals surface area contributed by atoms with Gasteiger partial charge in [0.25, 0.3) is 15.9 Å². The Morgan fingerprint density at radius 1 is 1.00 bits per heavy atom. The summed E-state index contributed by atoms with van der Waals surface area (Å²) in [5, 5.41) is 1.75. The minimum atomic E-state index is -4.50. The molecule has 0 bridgehead atoms. The predicted molar refractivity (Wildman–Crippen MR) is 105 cm³/mol. The second kappa shape index (κ2) is 9.30. The van der Waals surface area contributed by atoms with Crippen LogP contribution in [0.2, 0.25) is 0 Å². The first-order valence-electron chi connectivity index (χ1n) is 9.03. The van der Waals surface area contributed by atoms with Crippen LogP contribution in [0.15, 0.2) is 53.4 Å². The lowest BCUT2D eigenvalue weighted by Crippen LogP contribution is -2.33. The summed E-state index contributed by atoms with van der Waals surface area (Å²) in [4.78, 5) is 11.8. The molecule has 0 radical (unpaired) electrons. The van der Waals surface area contributed by atoms with E-state index in [4.69, 9.17) is 0 Å². The molecule has 2 aromatic carbocycles. The molecule has 9 heteroatoms. The lowest BCUT2D eigenvalue weighted by atomic mass is 10.0. The van der Waals surface area contributed by atoms with E-state index in [1.54, 1.807) is 17.4 Å². The molecule has 0 saturated heterocycles. The second-order valence-corrected chi connectivity index (χ2v) is 8.74. The van der Waals surface area contributed by atoms with Gasteiger partial charge in [0, 0.05) is 11.3 Å². The highest BCUT2D eigenvalue weighted by molar-refractivity contribution is 7.92. The Bertz CT molecular complexity index is 923. The number of sulfonamides is 1. The molecule has 0 saturated carbocycles. The minimum Gasteiger partial charge on any atom is -0.343 e. The minimum absolute atomic E-state index is 0.00768.